The molecular weight excluding hydrogens is 559 g/mol. The van der Waals surface area contributed by atoms with Crippen molar-refractivity contribution in [2.75, 3.05) is 24.6 Å². The normalized spacial score (nSPS) is 17.9. The first-order chi connectivity index (χ1) is 20.2. The summed E-state index contributed by atoms with van der Waals surface area (Å²) in [4.78, 5) is 25.3. The Labute approximate surface area is 253 Å². The van der Waals surface area contributed by atoms with Crippen molar-refractivity contribution >= 4 is 11.7 Å². The predicted molar refractivity (Wildman–Crippen MR) is 160 cm³/mol. The van der Waals surface area contributed by atoms with Gasteiger partial charge in [-0.2, -0.15) is 13.2 Å². The zero-order chi connectivity index (χ0) is 31.4. The highest BCUT2D eigenvalue weighted by atomic mass is 19.4. The number of aryl methyl sites for hydroxylation is 1. The Kier molecular flexibility index (Phi) is 10.3. The van der Waals surface area contributed by atoms with E-state index in [4.69, 9.17) is 19.2 Å². The van der Waals surface area contributed by atoms with E-state index in [1.165, 1.54) is 31.9 Å². The van der Waals surface area contributed by atoms with Gasteiger partial charge in [-0.25, -0.2) is 4.79 Å². The van der Waals surface area contributed by atoms with Crippen LogP contribution in [0.4, 0.5) is 18.9 Å². The summed E-state index contributed by atoms with van der Waals surface area (Å²) >= 11 is 0. The van der Waals surface area contributed by atoms with Gasteiger partial charge in [-0.1, -0.05) is 12.8 Å². The van der Waals surface area contributed by atoms with Crippen molar-refractivity contribution in [1.82, 2.24) is 9.97 Å². The van der Waals surface area contributed by atoms with Crippen molar-refractivity contribution in [2.45, 2.75) is 117 Å². The Hall–Kier alpha value is -2.88. The Morgan fingerprint density at radius 1 is 1.02 bits per heavy atom. The Bertz CT molecular complexity index is 1230. The lowest BCUT2D eigenvalue weighted by Crippen LogP contribution is -2.40. The first-order valence-electron chi connectivity index (χ1n) is 15.5. The summed E-state index contributed by atoms with van der Waals surface area (Å²) < 4.78 is 55.2. The van der Waals surface area contributed by atoms with Crippen LogP contribution in [0.5, 0.6) is 5.75 Å². The van der Waals surface area contributed by atoms with E-state index in [-0.39, 0.29) is 19.1 Å². The Morgan fingerprint density at radius 2 is 1.70 bits per heavy atom. The molecule has 0 aromatic carbocycles. The second kappa shape index (κ2) is 13.4. The van der Waals surface area contributed by atoms with Gasteiger partial charge in [0.15, 0.2) is 6.10 Å². The average molecular weight is 606 g/mol. The van der Waals surface area contributed by atoms with Crippen molar-refractivity contribution < 1.29 is 32.2 Å². The minimum atomic E-state index is -4.21. The molecule has 0 radical (unpaired) electrons. The van der Waals surface area contributed by atoms with Gasteiger partial charge in [-0.05, 0) is 91.2 Å². The van der Waals surface area contributed by atoms with Crippen LogP contribution < -0.4 is 9.64 Å². The third-order valence-electron chi connectivity index (χ3n) is 8.28. The number of nitrogens with zero attached hydrogens (tertiary/aromatic N) is 3. The molecule has 1 atom stereocenters. The van der Waals surface area contributed by atoms with E-state index < -0.39 is 30.3 Å². The van der Waals surface area contributed by atoms with Crippen LogP contribution in [-0.4, -0.2) is 53.5 Å². The summed E-state index contributed by atoms with van der Waals surface area (Å²) in [6, 6.07) is 3.49. The molecule has 1 aliphatic heterocycles. The molecule has 2 aromatic heterocycles. The number of esters is 1. The summed E-state index contributed by atoms with van der Waals surface area (Å²) in [5.41, 5.74) is 3.35. The minimum absolute atomic E-state index is 0.0542. The minimum Gasteiger partial charge on any atom is -0.492 e. The van der Waals surface area contributed by atoms with Gasteiger partial charge in [-0.15, -0.1) is 0 Å². The number of halogens is 3. The number of hydrogen-bond donors (Lipinski definition) is 0. The molecule has 1 spiro atoms. The number of alkyl halides is 3. The van der Waals surface area contributed by atoms with Gasteiger partial charge in [0.25, 0.3) is 0 Å². The molecule has 4 rings (SSSR count). The van der Waals surface area contributed by atoms with Crippen molar-refractivity contribution in [3.05, 3.63) is 35.8 Å². The molecule has 10 heteroatoms. The number of pyridine rings is 2. The third kappa shape index (κ3) is 8.83. The molecule has 43 heavy (non-hydrogen) atoms. The van der Waals surface area contributed by atoms with Gasteiger partial charge in [0.2, 0.25) is 0 Å². The number of carbonyl (C=O) groups excluding carboxylic acids is 1. The molecule has 2 fully saturated rings. The van der Waals surface area contributed by atoms with Crippen LogP contribution in [0.2, 0.25) is 0 Å². The largest absolute Gasteiger partial charge is 0.492 e. The first kappa shape index (κ1) is 33.0. The molecule has 0 N–H and O–H groups in total. The summed E-state index contributed by atoms with van der Waals surface area (Å²) in [5, 5.41) is 0. The molecule has 238 valence electrons. The van der Waals surface area contributed by atoms with Crippen molar-refractivity contribution in [2.24, 2.45) is 5.41 Å². The number of aromatic nitrogens is 2. The summed E-state index contributed by atoms with van der Waals surface area (Å²) in [5.74, 6) is -0.0727. The van der Waals surface area contributed by atoms with Gasteiger partial charge >= 0.3 is 12.1 Å². The van der Waals surface area contributed by atoms with Crippen molar-refractivity contribution in [3.63, 3.8) is 0 Å². The zero-order valence-corrected chi connectivity index (χ0v) is 26.4. The number of piperidine rings is 1. The molecule has 2 aliphatic rings. The molecule has 3 heterocycles. The van der Waals surface area contributed by atoms with E-state index in [2.05, 4.69) is 9.88 Å². The zero-order valence-electron chi connectivity index (χ0n) is 26.4. The Balaban J connectivity index is 1.73. The van der Waals surface area contributed by atoms with Gasteiger partial charge in [0.05, 0.1) is 35.9 Å². The molecule has 2 aromatic rings. The van der Waals surface area contributed by atoms with Crippen molar-refractivity contribution in [3.8, 4) is 17.0 Å². The maximum atomic E-state index is 13.6. The van der Waals surface area contributed by atoms with Crippen LogP contribution in [0.25, 0.3) is 11.3 Å². The predicted octanol–water partition coefficient (Wildman–Crippen LogP) is 8.14. The van der Waals surface area contributed by atoms with Crippen LogP contribution in [0.3, 0.4) is 0 Å². The fraction of sp³-hybridized carbons (Fsp3) is 0.667. The third-order valence-corrected chi connectivity index (χ3v) is 8.28. The maximum Gasteiger partial charge on any atom is 0.389 e. The van der Waals surface area contributed by atoms with Gasteiger partial charge in [0.1, 0.15) is 5.75 Å². The standard InChI is InChI=1S/C33H46F3N3O4/c1-22(2)42-30(40)29(43-31(4,5)6)27-23(3)37-21-25(28(27)39-17-15-32(16-18-39)12-7-8-13-32)26-11-10-24(20-38-26)41-19-9-14-33(34,35)36/h10-11,20-22,29H,7-9,12-19H2,1-6H3/t29-/m0/s1. The quantitative estimate of drug-likeness (QED) is 0.200. The lowest BCUT2D eigenvalue weighted by Gasteiger charge is -2.42. The number of hydrogen-bond acceptors (Lipinski definition) is 7. The highest BCUT2D eigenvalue weighted by molar-refractivity contribution is 5.86. The molecule has 1 saturated carbocycles. The molecule has 1 aliphatic carbocycles. The summed E-state index contributed by atoms with van der Waals surface area (Å²) in [6.45, 7) is 12.9. The van der Waals surface area contributed by atoms with E-state index in [1.807, 2.05) is 41.5 Å². The van der Waals surface area contributed by atoms with Gasteiger partial charge < -0.3 is 19.1 Å². The second-order valence-electron chi connectivity index (χ2n) is 13.3. The average Bonchev–Trinajstić information content (AvgIpc) is 3.37. The fourth-order valence-corrected chi connectivity index (χ4v) is 6.24. The molecular formula is C33H46F3N3O4. The molecule has 0 bridgehead atoms. The van der Waals surface area contributed by atoms with Gasteiger partial charge in [0, 0.05) is 42.5 Å². The van der Waals surface area contributed by atoms with E-state index in [0.717, 1.165) is 37.2 Å². The summed E-state index contributed by atoms with van der Waals surface area (Å²) in [6.07, 6.45) is 3.99. The SMILES string of the molecule is Cc1ncc(-c2ccc(OCCCC(F)(F)F)cn2)c(N2CCC3(CCCC3)CC2)c1[C@H](OC(C)(C)C)C(=O)OC(C)C. The van der Waals surface area contributed by atoms with Crippen LogP contribution in [0, 0.1) is 12.3 Å². The second-order valence-corrected chi connectivity index (χ2v) is 13.3. The fourth-order valence-electron chi connectivity index (χ4n) is 6.24. The highest BCUT2D eigenvalue weighted by Gasteiger charge is 2.40. The van der Waals surface area contributed by atoms with Crippen LogP contribution in [0.15, 0.2) is 24.5 Å². The van der Waals surface area contributed by atoms with Crippen molar-refractivity contribution in [1.29, 1.82) is 0 Å². The molecule has 0 unspecified atom stereocenters. The van der Waals surface area contributed by atoms with E-state index in [9.17, 15) is 18.0 Å². The first-order valence-corrected chi connectivity index (χ1v) is 15.5. The lowest BCUT2D eigenvalue weighted by atomic mass is 9.76. The van der Waals surface area contributed by atoms with E-state index in [1.54, 1.807) is 18.3 Å². The van der Waals surface area contributed by atoms with Crippen LogP contribution in [-0.2, 0) is 14.3 Å². The highest BCUT2D eigenvalue weighted by Crippen LogP contribution is 2.49. The lowest BCUT2D eigenvalue weighted by molar-refractivity contribution is -0.171. The van der Waals surface area contributed by atoms with Crippen LogP contribution >= 0.6 is 0 Å². The number of rotatable bonds is 10. The molecule has 1 saturated heterocycles. The number of anilines is 1. The monoisotopic (exact) mass is 605 g/mol. The summed E-state index contributed by atoms with van der Waals surface area (Å²) in [7, 11) is 0. The molecule has 0 amide bonds. The van der Waals surface area contributed by atoms with E-state index in [0.29, 0.717) is 28.1 Å². The number of carbonyl (C=O) groups is 1. The van der Waals surface area contributed by atoms with Gasteiger partial charge in [-0.3, -0.25) is 9.97 Å². The van der Waals surface area contributed by atoms with E-state index >= 15 is 0 Å². The maximum absolute atomic E-state index is 13.6. The topological polar surface area (TPSA) is 73.8 Å². The smallest absolute Gasteiger partial charge is 0.389 e. The van der Waals surface area contributed by atoms with Crippen LogP contribution in [0.1, 0.15) is 103 Å². The number of ether oxygens (including phenoxy) is 3. The Morgan fingerprint density at radius 3 is 2.26 bits per heavy atom. The molecule has 7 nitrogen and oxygen atoms in total.